The van der Waals surface area contributed by atoms with E-state index >= 15 is 0 Å². The maximum Gasteiger partial charge on any atom is 0.335 e. The van der Waals surface area contributed by atoms with Crippen molar-refractivity contribution in [1.29, 1.82) is 0 Å². The molecule has 12 heteroatoms. The monoisotopic (exact) mass is 587 g/mol. The first kappa shape index (κ1) is 29.5. The van der Waals surface area contributed by atoms with Crippen molar-refractivity contribution >= 4 is 38.9 Å². The van der Waals surface area contributed by atoms with E-state index in [0.29, 0.717) is 19.6 Å². The van der Waals surface area contributed by atoms with Crippen LogP contribution < -0.4 is 9.46 Å². The van der Waals surface area contributed by atoms with E-state index in [4.69, 9.17) is 9.84 Å². The average Bonchev–Trinajstić information content (AvgIpc) is 3.47. The SMILES string of the molecule is C[C@@H]1CN([C@@H](C)CO)C(=O)c2cccc(NS(=O)(=O)c3cccs3)c2O[C@H]1CN(C)Cc1ccc(C(=O)O)cc1. The number of thiophene rings is 1. The molecule has 0 fully saturated rings. The van der Waals surface area contributed by atoms with Gasteiger partial charge in [-0.3, -0.25) is 14.4 Å². The quantitative estimate of drug-likeness (QED) is 0.327. The zero-order valence-corrected chi connectivity index (χ0v) is 24.1. The lowest BCUT2D eigenvalue weighted by Crippen LogP contribution is -2.49. The molecule has 10 nitrogen and oxygen atoms in total. The summed E-state index contributed by atoms with van der Waals surface area (Å²) in [7, 11) is -2.00. The highest BCUT2D eigenvalue weighted by Crippen LogP contribution is 2.36. The zero-order chi connectivity index (χ0) is 29.0. The van der Waals surface area contributed by atoms with Gasteiger partial charge in [-0.05, 0) is 55.2 Å². The molecule has 0 unspecified atom stereocenters. The van der Waals surface area contributed by atoms with Crippen molar-refractivity contribution in [3.8, 4) is 5.75 Å². The van der Waals surface area contributed by atoms with Gasteiger partial charge in [0, 0.05) is 25.6 Å². The van der Waals surface area contributed by atoms with Crippen LogP contribution in [-0.4, -0.2) is 79.2 Å². The number of nitrogens with zero attached hydrogens (tertiary/aromatic N) is 2. The summed E-state index contributed by atoms with van der Waals surface area (Å²) in [5, 5.41) is 20.7. The number of benzene rings is 2. The number of anilines is 1. The van der Waals surface area contributed by atoms with Crippen molar-refractivity contribution < 1.29 is 33.0 Å². The van der Waals surface area contributed by atoms with Gasteiger partial charge in [0.25, 0.3) is 15.9 Å². The van der Waals surface area contributed by atoms with E-state index in [-0.39, 0.29) is 45.2 Å². The molecule has 3 atom stereocenters. The van der Waals surface area contributed by atoms with Crippen LogP contribution >= 0.6 is 11.3 Å². The molecule has 0 aliphatic carbocycles. The number of carbonyl (C=O) groups excluding carboxylic acids is 1. The molecule has 40 heavy (non-hydrogen) atoms. The Hall–Kier alpha value is -3.45. The number of rotatable bonds is 10. The number of aliphatic hydroxyl groups is 1. The number of aromatic carboxylic acids is 1. The Balaban J connectivity index is 1.66. The number of fused-ring (bicyclic) bond motifs is 1. The predicted octanol–water partition coefficient (Wildman–Crippen LogP) is 3.60. The number of carboxylic acid groups (broad SMARTS) is 1. The fourth-order valence-corrected chi connectivity index (χ4v) is 6.64. The first-order valence-corrected chi connectivity index (χ1v) is 15.1. The second-order valence-corrected chi connectivity index (χ2v) is 12.9. The lowest BCUT2D eigenvalue weighted by molar-refractivity contribution is 0.0344. The molecule has 2 aromatic carbocycles. The molecule has 1 amide bonds. The summed E-state index contributed by atoms with van der Waals surface area (Å²) in [4.78, 5) is 28.4. The Bertz CT molecular complexity index is 1440. The summed E-state index contributed by atoms with van der Waals surface area (Å²) in [5.74, 6) is -1.38. The maximum atomic E-state index is 13.6. The van der Waals surface area contributed by atoms with Gasteiger partial charge in [0.1, 0.15) is 10.3 Å². The number of nitrogens with one attached hydrogen (secondary N) is 1. The largest absolute Gasteiger partial charge is 0.486 e. The third-order valence-corrected chi connectivity index (χ3v) is 9.60. The highest BCUT2D eigenvalue weighted by molar-refractivity contribution is 7.94. The van der Waals surface area contributed by atoms with Crippen LogP contribution in [0.1, 0.15) is 40.1 Å². The van der Waals surface area contributed by atoms with Gasteiger partial charge in [-0.2, -0.15) is 0 Å². The predicted molar refractivity (Wildman–Crippen MR) is 152 cm³/mol. The average molecular weight is 588 g/mol. The Morgan fingerprint density at radius 1 is 1.20 bits per heavy atom. The normalized spacial score (nSPS) is 18.4. The van der Waals surface area contributed by atoms with Gasteiger partial charge in [-0.25, -0.2) is 13.2 Å². The summed E-state index contributed by atoms with van der Waals surface area (Å²) in [6.07, 6.45) is -0.448. The molecule has 1 aliphatic rings. The molecule has 1 aromatic heterocycles. The van der Waals surface area contributed by atoms with Gasteiger partial charge in [-0.15, -0.1) is 11.3 Å². The van der Waals surface area contributed by atoms with Crippen LogP contribution in [0.4, 0.5) is 5.69 Å². The summed E-state index contributed by atoms with van der Waals surface area (Å²) in [6.45, 7) is 4.77. The minimum absolute atomic E-state index is 0.136. The highest BCUT2D eigenvalue weighted by atomic mass is 32.2. The Morgan fingerprint density at radius 3 is 2.55 bits per heavy atom. The second-order valence-electron chi connectivity index (χ2n) is 10.0. The smallest absolute Gasteiger partial charge is 0.335 e. The van der Waals surface area contributed by atoms with Crippen LogP contribution in [0.25, 0.3) is 0 Å². The van der Waals surface area contributed by atoms with E-state index in [0.717, 1.165) is 16.9 Å². The van der Waals surface area contributed by atoms with Crippen LogP contribution in [0.5, 0.6) is 5.75 Å². The molecule has 0 bridgehead atoms. The lowest BCUT2D eigenvalue weighted by Gasteiger charge is -2.38. The third-order valence-electron chi connectivity index (χ3n) is 6.84. The molecule has 0 spiro atoms. The van der Waals surface area contributed by atoms with Crippen LogP contribution in [0.3, 0.4) is 0 Å². The maximum absolute atomic E-state index is 13.6. The topological polar surface area (TPSA) is 136 Å². The van der Waals surface area contributed by atoms with Crippen LogP contribution in [-0.2, 0) is 16.6 Å². The number of sulfonamides is 1. The number of ether oxygens (including phenoxy) is 1. The van der Waals surface area contributed by atoms with E-state index in [1.807, 2.05) is 18.9 Å². The van der Waals surface area contributed by atoms with Gasteiger partial charge in [0.05, 0.1) is 29.5 Å². The molecule has 4 rings (SSSR count). The van der Waals surface area contributed by atoms with E-state index in [2.05, 4.69) is 4.72 Å². The van der Waals surface area contributed by atoms with Crippen molar-refractivity contribution in [3.63, 3.8) is 0 Å². The molecule has 3 aromatic rings. The zero-order valence-electron chi connectivity index (χ0n) is 22.5. The number of aliphatic hydroxyl groups excluding tert-OH is 1. The Labute approximate surface area is 237 Å². The number of para-hydroxylation sites is 1. The Morgan fingerprint density at radius 2 is 1.93 bits per heavy atom. The van der Waals surface area contributed by atoms with Gasteiger partial charge in [0.15, 0.2) is 5.75 Å². The Kier molecular flexibility index (Phi) is 9.14. The molecule has 214 valence electrons. The van der Waals surface area contributed by atoms with Gasteiger partial charge < -0.3 is 19.8 Å². The van der Waals surface area contributed by atoms with Crippen molar-refractivity contribution in [2.45, 2.75) is 36.7 Å². The standard InChI is InChI=1S/C28H33N3O7S2/c1-18-14-31(19(2)17-32)27(33)22-6-4-7-23(29-40(36,37)25-8-5-13-39-25)26(22)38-24(18)16-30(3)15-20-9-11-21(12-10-20)28(34)35/h4-13,18-19,24,29,32H,14-17H2,1-3H3,(H,34,35)/t18-,19+,24+/m1/s1. The van der Waals surface area contributed by atoms with E-state index in [9.17, 15) is 23.1 Å². The van der Waals surface area contributed by atoms with Crippen molar-refractivity contribution in [1.82, 2.24) is 9.80 Å². The summed E-state index contributed by atoms with van der Waals surface area (Å²) >= 11 is 1.08. The van der Waals surface area contributed by atoms with Crippen LogP contribution in [0.2, 0.25) is 0 Å². The number of carboxylic acids is 1. The van der Waals surface area contributed by atoms with Gasteiger partial charge in [-0.1, -0.05) is 31.2 Å². The molecule has 0 radical (unpaired) electrons. The number of hydrogen-bond donors (Lipinski definition) is 3. The van der Waals surface area contributed by atoms with Crippen molar-refractivity contribution in [3.05, 3.63) is 76.7 Å². The first-order chi connectivity index (χ1) is 19.0. The molecule has 3 N–H and O–H groups in total. The molecule has 0 saturated carbocycles. The fraction of sp³-hybridized carbons (Fsp3) is 0.357. The molecule has 1 aliphatic heterocycles. The third kappa shape index (κ3) is 6.64. The van der Waals surface area contributed by atoms with E-state index in [1.54, 1.807) is 65.7 Å². The summed E-state index contributed by atoms with van der Waals surface area (Å²) < 4.78 is 35.3. The minimum atomic E-state index is -3.91. The van der Waals surface area contributed by atoms with Crippen LogP contribution in [0.15, 0.2) is 64.2 Å². The number of amides is 1. The van der Waals surface area contributed by atoms with Crippen LogP contribution in [0, 0.1) is 5.92 Å². The van der Waals surface area contributed by atoms with Crippen molar-refractivity contribution in [2.24, 2.45) is 5.92 Å². The van der Waals surface area contributed by atoms with Crippen molar-refractivity contribution in [2.75, 3.05) is 31.5 Å². The first-order valence-electron chi connectivity index (χ1n) is 12.8. The highest BCUT2D eigenvalue weighted by Gasteiger charge is 2.35. The summed E-state index contributed by atoms with van der Waals surface area (Å²) in [6, 6.07) is 14.1. The number of likely N-dealkylation sites (N-methyl/N-ethyl adjacent to an activating group) is 1. The minimum Gasteiger partial charge on any atom is -0.486 e. The van der Waals surface area contributed by atoms with Gasteiger partial charge >= 0.3 is 5.97 Å². The molecule has 0 saturated heterocycles. The fourth-order valence-electron chi connectivity index (χ4n) is 4.59. The molecular weight excluding hydrogens is 554 g/mol. The number of carbonyl (C=O) groups is 2. The molecular formula is C28H33N3O7S2. The summed E-state index contributed by atoms with van der Waals surface area (Å²) in [5.41, 5.74) is 1.49. The molecule has 2 heterocycles. The van der Waals surface area contributed by atoms with E-state index in [1.165, 1.54) is 6.07 Å². The van der Waals surface area contributed by atoms with E-state index < -0.39 is 28.1 Å². The number of hydrogen-bond acceptors (Lipinski definition) is 8. The second kappa shape index (κ2) is 12.4. The van der Waals surface area contributed by atoms with Gasteiger partial charge in [0.2, 0.25) is 0 Å². The lowest BCUT2D eigenvalue weighted by atomic mass is 9.99.